The van der Waals surface area contributed by atoms with Gasteiger partial charge in [0.05, 0.1) is 19.1 Å². The SMILES string of the molecule is CCCCNC(=O)[C@H](CC)N(Cc1cccc(OC)c1)C(=O)CN(c1cccc(F)c1)S(C)(=O)=O. The summed E-state index contributed by atoms with van der Waals surface area (Å²) in [5.41, 5.74) is 0.747. The van der Waals surface area contributed by atoms with Crippen molar-refractivity contribution < 1.29 is 27.1 Å². The molecule has 0 saturated carbocycles. The predicted molar refractivity (Wildman–Crippen MR) is 134 cm³/mol. The fourth-order valence-electron chi connectivity index (χ4n) is 3.64. The smallest absolute Gasteiger partial charge is 0.244 e. The van der Waals surface area contributed by atoms with Gasteiger partial charge in [0.25, 0.3) is 0 Å². The molecule has 2 aromatic rings. The van der Waals surface area contributed by atoms with E-state index in [0.29, 0.717) is 24.3 Å². The molecule has 0 saturated heterocycles. The molecule has 1 N–H and O–H groups in total. The van der Waals surface area contributed by atoms with Gasteiger partial charge in [0.15, 0.2) is 0 Å². The number of carbonyl (C=O) groups excluding carboxylic acids is 2. The number of nitrogens with one attached hydrogen (secondary N) is 1. The lowest BCUT2D eigenvalue weighted by atomic mass is 10.1. The second kappa shape index (κ2) is 13.1. The van der Waals surface area contributed by atoms with Crippen molar-refractivity contribution in [3.05, 3.63) is 59.9 Å². The highest BCUT2D eigenvalue weighted by atomic mass is 32.2. The van der Waals surface area contributed by atoms with Crippen molar-refractivity contribution in [2.24, 2.45) is 0 Å². The largest absolute Gasteiger partial charge is 0.497 e. The first-order valence-corrected chi connectivity index (χ1v) is 13.4. The number of sulfonamides is 1. The molecule has 2 rings (SSSR count). The molecule has 0 heterocycles. The van der Waals surface area contributed by atoms with Crippen LogP contribution in [0.1, 0.15) is 38.7 Å². The van der Waals surface area contributed by atoms with Crippen LogP contribution in [-0.2, 0) is 26.2 Å². The van der Waals surface area contributed by atoms with Crippen LogP contribution in [0.5, 0.6) is 5.75 Å². The summed E-state index contributed by atoms with van der Waals surface area (Å²) < 4.78 is 45.0. The van der Waals surface area contributed by atoms with Crippen LogP contribution in [0.4, 0.5) is 10.1 Å². The molecular formula is C25H34FN3O5S. The van der Waals surface area contributed by atoms with Gasteiger partial charge < -0.3 is 15.0 Å². The number of nitrogens with zero attached hydrogens (tertiary/aromatic N) is 2. The molecule has 0 aliphatic carbocycles. The Hall–Kier alpha value is -3.14. The maximum Gasteiger partial charge on any atom is 0.244 e. The summed E-state index contributed by atoms with van der Waals surface area (Å²) >= 11 is 0. The van der Waals surface area contributed by atoms with Crippen molar-refractivity contribution in [2.45, 2.75) is 45.7 Å². The minimum atomic E-state index is -3.92. The lowest BCUT2D eigenvalue weighted by molar-refractivity contribution is -0.140. The van der Waals surface area contributed by atoms with Crippen LogP contribution in [0.2, 0.25) is 0 Å². The monoisotopic (exact) mass is 507 g/mol. The number of carbonyl (C=O) groups is 2. The second-order valence-corrected chi connectivity index (χ2v) is 10.1. The summed E-state index contributed by atoms with van der Waals surface area (Å²) in [5, 5.41) is 2.86. The molecule has 192 valence electrons. The minimum Gasteiger partial charge on any atom is -0.497 e. The number of amides is 2. The average molecular weight is 508 g/mol. The van der Waals surface area contributed by atoms with Gasteiger partial charge in [0, 0.05) is 13.1 Å². The number of ether oxygens (including phenoxy) is 1. The van der Waals surface area contributed by atoms with Crippen LogP contribution in [0, 0.1) is 5.82 Å². The first-order valence-electron chi connectivity index (χ1n) is 11.5. The number of rotatable bonds is 13. The van der Waals surface area contributed by atoms with E-state index >= 15 is 0 Å². The van der Waals surface area contributed by atoms with Gasteiger partial charge in [-0.1, -0.05) is 38.5 Å². The molecule has 0 unspecified atom stereocenters. The highest BCUT2D eigenvalue weighted by Gasteiger charge is 2.31. The molecule has 0 bridgehead atoms. The predicted octanol–water partition coefficient (Wildman–Crippen LogP) is 3.32. The van der Waals surface area contributed by atoms with Gasteiger partial charge >= 0.3 is 0 Å². The average Bonchev–Trinajstić information content (AvgIpc) is 2.81. The summed E-state index contributed by atoms with van der Waals surface area (Å²) in [5.74, 6) is -0.930. The number of hydrogen-bond acceptors (Lipinski definition) is 5. The second-order valence-electron chi connectivity index (χ2n) is 8.19. The molecule has 0 radical (unpaired) electrons. The number of hydrogen-bond donors (Lipinski definition) is 1. The molecule has 0 spiro atoms. The van der Waals surface area contributed by atoms with E-state index in [0.717, 1.165) is 29.5 Å². The molecule has 0 aromatic heterocycles. The zero-order chi connectivity index (χ0) is 26.0. The Morgan fingerprint density at radius 2 is 1.83 bits per heavy atom. The summed E-state index contributed by atoms with van der Waals surface area (Å²) in [6.45, 7) is 3.76. The molecule has 2 amide bonds. The quantitative estimate of drug-likeness (QED) is 0.420. The van der Waals surface area contributed by atoms with Crippen molar-refractivity contribution in [2.75, 3.05) is 30.8 Å². The van der Waals surface area contributed by atoms with E-state index in [9.17, 15) is 22.4 Å². The number of unbranched alkanes of at least 4 members (excludes halogenated alkanes) is 1. The van der Waals surface area contributed by atoms with Gasteiger partial charge in [0.1, 0.15) is 24.2 Å². The normalized spacial score (nSPS) is 12.0. The summed E-state index contributed by atoms with van der Waals surface area (Å²) in [6, 6.07) is 11.3. The third kappa shape index (κ3) is 8.24. The molecular weight excluding hydrogens is 473 g/mol. The number of benzene rings is 2. The molecule has 2 aromatic carbocycles. The molecule has 10 heteroatoms. The van der Waals surface area contributed by atoms with Crippen LogP contribution < -0.4 is 14.4 Å². The molecule has 0 aliphatic rings. The van der Waals surface area contributed by atoms with Crippen molar-refractivity contribution in [3.8, 4) is 5.75 Å². The van der Waals surface area contributed by atoms with Crippen molar-refractivity contribution in [1.29, 1.82) is 0 Å². The van der Waals surface area contributed by atoms with Crippen LogP contribution in [0.15, 0.2) is 48.5 Å². The number of anilines is 1. The van der Waals surface area contributed by atoms with Crippen LogP contribution in [0.3, 0.4) is 0 Å². The van der Waals surface area contributed by atoms with E-state index in [2.05, 4.69) is 5.32 Å². The van der Waals surface area contributed by atoms with E-state index in [-0.39, 0.29) is 18.1 Å². The molecule has 0 fully saturated rings. The molecule has 0 aliphatic heterocycles. The lowest BCUT2D eigenvalue weighted by Gasteiger charge is -2.33. The summed E-state index contributed by atoms with van der Waals surface area (Å²) in [6.07, 6.45) is 2.98. The van der Waals surface area contributed by atoms with E-state index in [4.69, 9.17) is 4.74 Å². The molecule has 8 nitrogen and oxygen atoms in total. The number of halogens is 1. The molecule has 35 heavy (non-hydrogen) atoms. The fraction of sp³-hybridized carbons (Fsp3) is 0.440. The van der Waals surface area contributed by atoms with Gasteiger partial charge in [-0.2, -0.15) is 0 Å². The van der Waals surface area contributed by atoms with Gasteiger partial charge in [0.2, 0.25) is 21.8 Å². The highest BCUT2D eigenvalue weighted by Crippen LogP contribution is 2.21. The Morgan fingerprint density at radius 3 is 2.43 bits per heavy atom. The Balaban J connectivity index is 2.42. The topological polar surface area (TPSA) is 96.0 Å². The van der Waals surface area contributed by atoms with E-state index in [1.807, 2.05) is 6.92 Å². The van der Waals surface area contributed by atoms with Gasteiger partial charge in [-0.05, 0) is 48.7 Å². The fourth-order valence-corrected chi connectivity index (χ4v) is 4.48. The van der Waals surface area contributed by atoms with Gasteiger partial charge in [-0.3, -0.25) is 13.9 Å². The Morgan fingerprint density at radius 1 is 1.11 bits per heavy atom. The van der Waals surface area contributed by atoms with Crippen molar-refractivity contribution in [1.82, 2.24) is 10.2 Å². The zero-order valence-corrected chi connectivity index (χ0v) is 21.5. The summed E-state index contributed by atoms with van der Waals surface area (Å²) in [4.78, 5) is 27.9. The van der Waals surface area contributed by atoms with E-state index in [1.165, 1.54) is 30.2 Å². The minimum absolute atomic E-state index is 0.0302. The van der Waals surface area contributed by atoms with Gasteiger partial charge in [-0.25, -0.2) is 12.8 Å². The first kappa shape index (κ1) is 28.1. The van der Waals surface area contributed by atoms with E-state index in [1.54, 1.807) is 31.2 Å². The van der Waals surface area contributed by atoms with E-state index < -0.39 is 34.3 Å². The first-order chi connectivity index (χ1) is 16.6. The van der Waals surface area contributed by atoms with Gasteiger partial charge in [-0.15, -0.1) is 0 Å². The molecule has 1 atom stereocenters. The summed E-state index contributed by atoms with van der Waals surface area (Å²) in [7, 11) is -2.39. The van der Waals surface area contributed by atoms with Crippen LogP contribution in [0.25, 0.3) is 0 Å². The van der Waals surface area contributed by atoms with Crippen molar-refractivity contribution >= 4 is 27.5 Å². The van der Waals surface area contributed by atoms with Crippen molar-refractivity contribution in [3.63, 3.8) is 0 Å². The maximum absolute atomic E-state index is 13.8. The zero-order valence-electron chi connectivity index (χ0n) is 20.7. The van der Waals surface area contributed by atoms with Crippen LogP contribution in [-0.4, -0.2) is 57.6 Å². The lowest BCUT2D eigenvalue weighted by Crippen LogP contribution is -2.52. The standard InChI is InChI=1S/C25H34FN3O5S/c1-5-7-14-27-25(31)23(6-2)28(17-19-10-8-13-22(15-19)34-3)24(30)18-29(35(4,32)33)21-12-9-11-20(26)16-21/h8-13,15-16,23H,5-7,14,17-18H2,1-4H3,(H,27,31)/t23-/m0/s1. The Kier molecular flexibility index (Phi) is 10.5. The third-order valence-corrected chi connectivity index (χ3v) is 6.62. The number of methoxy groups -OCH3 is 1. The Labute approximate surface area is 207 Å². The highest BCUT2D eigenvalue weighted by molar-refractivity contribution is 7.92. The third-order valence-electron chi connectivity index (χ3n) is 5.48. The maximum atomic E-state index is 13.8. The Bertz CT molecular complexity index is 1110. The van der Waals surface area contributed by atoms with Crippen LogP contribution >= 0.6 is 0 Å².